The summed E-state index contributed by atoms with van der Waals surface area (Å²) < 4.78 is 5.93. The molecule has 0 amide bonds. The summed E-state index contributed by atoms with van der Waals surface area (Å²) in [6, 6.07) is 30.1. The second kappa shape index (κ2) is 10.3. The van der Waals surface area contributed by atoms with Crippen molar-refractivity contribution in [2.24, 2.45) is 4.99 Å². The lowest BCUT2D eigenvalue weighted by Crippen LogP contribution is -2.04. The molecule has 0 bridgehead atoms. The molecule has 0 heterocycles. The molecule has 0 radical (unpaired) electrons. The average Bonchev–Trinajstić information content (AvgIpc) is 2.70. The second-order valence-electron chi connectivity index (χ2n) is 5.61. The molecule has 3 heteroatoms. The maximum Gasteiger partial charge on any atom is 0.220 e. The van der Waals surface area contributed by atoms with E-state index >= 15 is 0 Å². The van der Waals surface area contributed by atoms with E-state index in [-0.39, 0.29) is 0 Å². The molecule has 0 aliphatic heterocycles. The van der Waals surface area contributed by atoms with Gasteiger partial charge in [-0.25, -0.2) is 4.99 Å². The molecule has 0 aromatic heterocycles. The number of benzene rings is 3. The van der Waals surface area contributed by atoms with Crippen LogP contribution in [0.15, 0.2) is 107 Å². The van der Waals surface area contributed by atoms with Crippen LogP contribution in [0, 0.1) is 0 Å². The fourth-order valence-corrected chi connectivity index (χ4v) is 3.03. The smallest absolute Gasteiger partial charge is 0.220 e. The van der Waals surface area contributed by atoms with E-state index in [1.807, 2.05) is 78.2 Å². The van der Waals surface area contributed by atoms with Crippen LogP contribution < -0.4 is 4.74 Å². The highest BCUT2D eigenvalue weighted by molar-refractivity contribution is 8.02. The lowest BCUT2D eigenvalue weighted by Gasteiger charge is -2.05. The zero-order valence-corrected chi connectivity index (χ0v) is 15.3. The van der Waals surface area contributed by atoms with E-state index in [1.165, 1.54) is 5.56 Å². The van der Waals surface area contributed by atoms with E-state index in [2.05, 4.69) is 29.3 Å². The Balaban J connectivity index is 1.62. The molecule has 2 nitrogen and oxygen atoms in total. The number of aliphatic imine (C=N–C) groups is 1. The van der Waals surface area contributed by atoms with Gasteiger partial charge in [0.1, 0.15) is 5.75 Å². The Morgan fingerprint density at radius 2 is 1.42 bits per heavy atom. The van der Waals surface area contributed by atoms with Crippen LogP contribution in [0.3, 0.4) is 0 Å². The first kappa shape index (κ1) is 18.0. The zero-order chi connectivity index (χ0) is 17.9. The third-order valence-electron chi connectivity index (χ3n) is 3.62. The predicted octanol–water partition coefficient (Wildman–Crippen LogP) is 6.29. The lowest BCUT2D eigenvalue weighted by molar-refractivity contribution is 0.556. The van der Waals surface area contributed by atoms with Crippen molar-refractivity contribution in [3.8, 4) is 5.75 Å². The van der Waals surface area contributed by atoms with Crippen LogP contribution in [0.5, 0.6) is 5.75 Å². The third kappa shape index (κ3) is 6.26. The molecule has 0 saturated carbocycles. The molecule has 3 aromatic rings. The van der Waals surface area contributed by atoms with Crippen molar-refractivity contribution < 1.29 is 4.74 Å². The van der Waals surface area contributed by atoms with Crippen LogP contribution in [0.2, 0.25) is 0 Å². The zero-order valence-electron chi connectivity index (χ0n) is 14.5. The minimum absolute atomic E-state index is 0.578. The Bertz CT molecular complexity index is 830. The fraction of sp³-hybridized carbons (Fsp3) is 0.0870. The fourth-order valence-electron chi connectivity index (χ4n) is 2.33. The van der Waals surface area contributed by atoms with Crippen molar-refractivity contribution in [3.63, 3.8) is 0 Å². The molecule has 130 valence electrons. The summed E-state index contributed by atoms with van der Waals surface area (Å²) in [5, 5.41) is 2.05. The summed E-state index contributed by atoms with van der Waals surface area (Å²) in [6.45, 7) is 0. The van der Waals surface area contributed by atoms with E-state index in [0.29, 0.717) is 5.90 Å². The third-order valence-corrected chi connectivity index (χ3v) is 4.39. The Hall–Kier alpha value is -2.78. The molecule has 0 unspecified atom stereocenters. The number of thioether (sulfide) groups is 1. The maximum absolute atomic E-state index is 5.93. The highest BCUT2D eigenvalue weighted by Gasteiger charge is 2.00. The van der Waals surface area contributed by atoms with Crippen LogP contribution in [0.25, 0.3) is 0 Å². The molecule has 0 fully saturated rings. The van der Waals surface area contributed by atoms with Gasteiger partial charge in [0.25, 0.3) is 0 Å². The number of hydrogen-bond acceptors (Lipinski definition) is 3. The van der Waals surface area contributed by atoms with Crippen molar-refractivity contribution in [2.45, 2.75) is 6.42 Å². The number of rotatable bonds is 7. The van der Waals surface area contributed by atoms with Gasteiger partial charge in [0.05, 0.1) is 5.69 Å². The van der Waals surface area contributed by atoms with E-state index in [1.54, 1.807) is 11.8 Å². The largest absolute Gasteiger partial charge is 0.439 e. The van der Waals surface area contributed by atoms with Gasteiger partial charge in [-0.2, -0.15) is 0 Å². The molecule has 0 atom stereocenters. The van der Waals surface area contributed by atoms with E-state index < -0.39 is 0 Å². The van der Waals surface area contributed by atoms with Crippen molar-refractivity contribution in [3.05, 3.63) is 108 Å². The summed E-state index contributed by atoms with van der Waals surface area (Å²) >= 11 is 1.76. The number of hydrogen-bond donors (Lipinski definition) is 0. The molecular formula is C23H21NOS. The number of ether oxygens (including phenoxy) is 1. The average molecular weight is 359 g/mol. The molecule has 0 aliphatic rings. The Morgan fingerprint density at radius 3 is 2.12 bits per heavy atom. The van der Waals surface area contributed by atoms with Crippen molar-refractivity contribution in [1.82, 2.24) is 0 Å². The molecule has 0 aliphatic carbocycles. The van der Waals surface area contributed by atoms with Gasteiger partial charge in [-0.1, -0.05) is 66.7 Å². The van der Waals surface area contributed by atoms with Crippen molar-refractivity contribution in [2.75, 3.05) is 5.75 Å². The first-order chi connectivity index (χ1) is 12.9. The van der Waals surface area contributed by atoms with E-state index in [4.69, 9.17) is 4.74 Å². The number of para-hydroxylation sites is 2. The molecule has 0 spiro atoms. The van der Waals surface area contributed by atoms with Crippen molar-refractivity contribution >= 4 is 23.3 Å². The topological polar surface area (TPSA) is 21.6 Å². The molecule has 0 N–H and O–H groups in total. The van der Waals surface area contributed by atoms with Gasteiger partial charge in [0.15, 0.2) is 0 Å². The van der Waals surface area contributed by atoms with E-state index in [0.717, 1.165) is 23.6 Å². The van der Waals surface area contributed by atoms with Gasteiger partial charge in [-0.15, -0.1) is 11.8 Å². The Labute approximate surface area is 159 Å². The molecule has 26 heavy (non-hydrogen) atoms. The highest BCUT2D eigenvalue weighted by Crippen LogP contribution is 2.15. The molecular weight excluding hydrogens is 338 g/mol. The van der Waals surface area contributed by atoms with Gasteiger partial charge in [-0.3, -0.25) is 0 Å². The van der Waals surface area contributed by atoms with Crippen LogP contribution in [-0.2, 0) is 6.42 Å². The van der Waals surface area contributed by atoms with E-state index in [9.17, 15) is 0 Å². The van der Waals surface area contributed by atoms with Crippen LogP contribution in [0.4, 0.5) is 5.69 Å². The van der Waals surface area contributed by atoms with Gasteiger partial charge >= 0.3 is 0 Å². The summed E-state index contributed by atoms with van der Waals surface area (Å²) in [7, 11) is 0. The Morgan fingerprint density at radius 1 is 0.808 bits per heavy atom. The standard InChI is InChI=1S/C23H21NOS/c1-4-10-20(11-5-1)16-18-26-19-17-23(24-21-12-6-2-7-13-21)25-22-14-8-3-9-15-22/h1-15,17,19H,16,18H2. The predicted molar refractivity (Wildman–Crippen MR) is 112 cm³/mol. The van der Waals surface area contributed by atoms with Gasteiger partial charge in [-0.05, 0) is 41.7 Å². The Kier molecular flexibility index (Phi) is 7.12. The van der Waals surface area contributed by atoms with Gasteiger partial charge in [0.2, 0.25) is 5.90 Å². The van der Waals surface area contributed by atoms with Crippen molar-refractivity contribution in [1.29, 1.82) is 0 Å². The van der Waals surface area contributed by atoms with Crippen LogP contribution in [-0.4, -0.2) is 11.7 Å². The van der Waals surface area contributed by atoms with Gasteiger partial charge in [0, 0.05) is 11.8 Å². The summed E-state index contributed by atoms with van der Waals surface area (Å²) in [4.78, 5) is 4.60. The minimum Gasteiger partial charge on any atom is -0.439 e. The number of aryl methyl sites for hydroxylation is 1. The quantitative estimate of drug-likeness (QED) is 0.281. The van der Waals surface area contributed by atoms with Crippen LogP contribution in [0.1, 0.15) is 5.56 Å². The van der Waals surface area contributed by atoms with Crippen LogP contribution >= 0.6 is 11.8 Å². The molecule has 3 aromatic carbocycles. The normalized spacial score (nSPS) is 11.6. The first-order valence-electron chi connectivity index (χ1n) is 8.59. The highest BCUT2D eigenvalue weighted by atomic mass is 32.2. The lowest BCUT2D eigenvalue weighted by atomic mass is 10.2. The maximum atomic E-state index is 5.93. The summed E-state index contributed by atoms with van der Waals surface area (Å²) in [5.74, 6) is 2.38. The summed E-state index contributed by atoms with van der Waals surface area (Å²) in [6.07, 6.45) is 2.97. The minimum atomic E-state index is 0.578. The molecule has 3 rings (SSSR count). The first-order valence-corrected chi connectivity index (χ1v) is 9.64. The van der Waals surface area contributed by atoms with Gasteiger partial charge < -0.3 is 4.74 Å². The number of nitrogens with zero attached hydrogens (tertiary/aromatic N) is 1. The molecule has 0 saturated heterocycles. The second-order valence-corrected chi connectivity index (χ2v) is 6.62. The monoisotopic (exact) mass is 359 g/mol. The SMILES string of the molecule is C(=CC(=Nc1ccccc1)Oc1ccccc1)SCCc1ccccc1. The summed E-state index contributed by atoms with van der Waals surface area (Å²) in [5.41, 5.74) is 2.23.